The summed E-state index contributed by atoms with van der Waals surface area (Å²) in [7, 11) is 3.55. The first kappa shape index (κ1) is 13.0. The highest BCUT2D eigenvalue weighted by atomic mass is 16.6. The highest BCUT2D eigenvalue weighted by Gasteiger charge is 2.30. The van der Waals surface area contributed by atoms with Crippen molar-refractivity contribution in [1.29, 1.82) is 0 Å². The summed E-state index contributed by atoms with van der Waals surface area (Å²) in [6.07, 6.45) is 0. The molecule has 1 atom stereocenters. The number of carbonyl (C=O) groups excluding carboxylic acids is 1. The summed E-state index contributed by atoms with van der Waals surface area (Å²) in [6, 6.07) is -0.148. The third kappa shape index (κ3) is 2.68. The molecule has 0 spiro atoms. The largest absolute Gasteiger partial charge is 0.347 e. The van der Waals surface area contributed by atoms with Gasteiger partial charge < -0.3 is 10.2 Å². The average molecular weight is 253 g/mol. The van der Waals surface area contributed by atoms with Gasteiger partial charge in [-0.3, -0.25) is 9.69 Å². The lowest BCUT2D eigenvalue weighted by molar-refractivity contribution is -0.135. The van der Waals surface area contributed by atoms with Crippen LogP contribution < -0.4 is 5.32 Å². The summed E-state index contributed by atoms with van der Waals surface area (Å²) in [4.78, 5) is 15.8. The summed E-state index contributed by atoms with van der Waals surface area (Å²) in [5.74, 6) is 0.108. The van der Waals surface area contributed by atoms with E-state index in [9.17, 15) is 4.79 Å². The van der Waals surface area contributed by atoms with Gasteiger partial charge in [0.05, 0.1) is 0 Å². The number of nitrogens with one attached hydrogen (secondary N) is 1. The summed E-state index contributed by atoms with van der Waals surface area (Å²) in [5.41, 5.74) is 1.58. The molecule has 1 fully saturated rings. The number of nitrogens with zero attached hydrogens (tertiary/aromatic N) is 4. The third-order valence-corrected chi connectivity index (χ3v) is 3.18. The van der Waals surface area contributed by atoms with Crippen molar-refractivity contribution in [2.24, 2.45) is 0 Å². The van der Waals surface area contributed by atoms with Gasteiger partial charge in [0.1, 0.15) is 17.4 Å². The monoisotopic (exact) mass is 253 g/mol. The Labute approximate surface area is 106 Å². The zero-order valence-electron chi connectivity index (χ0n) is 11.0. The number of amides is 1. The Bertz CT molecular complexity index is 417. The fourth-order valence-corrected chi connectivity index (χ4v) is 2.06. The summed E-state index contributed by atoms with van der Waals surface area (Å²) in [6.45, 7) is 4.82. The normalized spacial score (nSPS) is 20.9. The molecule has 7 heteroatoms. The molecule has 1 N–H and O–H groups in total. The molecule has 1 aromatic heterocycles. The van der Waals surface area contributed by atoms with Crippen LogP contribution in [0.1, 0.15) is 11.4 Å². The molecule has 0 aliphatic carbocycles. The van der Waals surface area contributed by atoms with Crippen molar-refractivity contribution in [2.75, 3.05) is 33.7 Å². The molecule has 1 aliphatic rings. The van der Waals surface area contributed by atoms with Crippen molar-refractivity contribution >= 4 is 5.91 Å². The third-order valence-electron chi connectivity index (χ3n) is 3.18. The lowest BCUT2D eigenvalue weighted by Crippen LogP contribution is -2.57. The molecule has 0 bridgehead atoms. The van der Waals surface area contributed by atoms with Crippen LogP contribution >= 0.6 is 0 Å². The number of aromatic nitrogens is 2. The molecule has 1 amide bonds. The molecule has 1 aliphatic heterocycles. The van der Waals surface area contributed by atoms with Crippen LogP contribution in [0.4, 0.5) is 0 Å². The zero-order chi connectivity index (χ0) is 13.1. The van der Waals surface area contributed by atoms with E-state index in [1.165, 1.54) is 0 Å². The molecule has 1 unspecified atom stereocenters. The predicted molar refractivity (Wildman–Crippen MR) is 64.8 cm³/mol. The molecule has 2 heterocycles. The van der Waals surface area contributed by atoms with E-state index in [1.54, 1.807) is 19.0 Å². The molecular weight excluding hydrogens is 234 g/mol. The second-order valence-electron chi connectivity index (χ2n) is 4.72. The smallest absolute Gasteiger partial charge is 0.240 e. The molecule has 18 heavy (non-hydrogen) atoms. The number of rotatable bonds is 3. The maximum atomic E-state index is 12.1. The maximum Gasteiger partial charge on any atom is 0.240 e. The van der Waals surface area contributed by atoms with Crippen molar-refractivity contribution in [1.82, 2.24) is 25.4 Å². The molecule has 2 rings (SSSR count). The van der Waals surface area contributed by atoms with Crippen molar-refractivity contribution in [3.63, 3.8) is 0 Å². The highest BCUT2D eigenvalue weighted by molar-refractivity contribution is 5.81. The molecule has 1 aromatic rings. The van der Waals surface area contributed by atoms with E-state index in [4.69, 9.17) is 4.63 Å². The van der Waals surface area contributed by atoms with E-state index in [0.717, 1.165) is 24.5 Å². The van der Waals surface area contributed by atoms with Gasteiger partial charge in [0.25, 0.3) is 0 Å². The minimum atomic E-state index is -0.148. The standard InChI is InChI=1S/C11H19N5O2/c1-8-9(14-18-13-8)7-16-5-4-12-6-10(16)11(17)15(2)3/h10,12H,4-7H2,1-3H3. The zero-order valence-corrected chi connectivity index (χ0v) is 11.0. The average Bonchev–Trinajstić information content (AvgIpc) is 2.75. The highest BCUT2D eigenvalue weighted by Crippen LogP contribution is 2.12. The number of hydrogen-bond acceptors (Lipinski definition) is 6. The summed E-state index contributed by atoms with van der Waals surface area (Å²) < 4.78 is 4.69. The van der Waals surface area contributed by atoms with Crippen LogP contribution in [0.15, 0.2) is 4.63 Å². The van der Waals surface area contributed by atoms with Gasteiger partial charge in [-0.2, -0.15) is 0 Å². The van der Waals surface area contributed by atoms with E-state index in [1.807, 2.05) is 6.92 Å². The number of aryl methyl sites for hydroxylation is 1. The Kier molecular flexibility index (Phi) is 3.93. The van der Waals surface area contributed by atoms with Gasteiger partial charge in [-0.05, 0) is 6.92 Å². The van der Waals surface area contributed by atoms with Crippen LogP contribution in [0, 0.1) is 6.92 Å². The van der Waals surface area contributed by atoms with E-state index in [2.05, 4.69) is 20.5 Å². The first-order valence-electron chi connectivity index (χ1n) is 6.03. The van der Waals surface area contributed by atoms with Gasteiger partial charge >= 0.3 is 0 Å². The van der Waals surface area contributed by atoms with Gasteiger partial charge in [-0.1, -0.05) is 10.3 Å². The first-order chi connectivity index (χ1) is 8.59. The molecular formula is C11H19N5O2. The minimum absolute atomic E-state index is 0.108. The van der Waals surface area contributed by atoms with Crippen molar-refractivity contribution in [2.45, 2.75) is 19.5 Å². The van der Waals surface area contributed by atoms with Gasteiger partial charge in [0.15, 0.2) is 0 Å². The molecule has 100 valence electrons. The summed E-state index contributed by atoms with van der Waals surface area (Å²) >= 11 is 0. The van der Waals surface area contributed by atoms with Crippen LogP contribution in [0.5, 0.6) is 0 Å². The Balaban J connectivity index is 2.09. The summed E-state index contributed by atoms with van der Waals surface area (Å²) in [5, 5.41) is 10.9. The fraction of sp³-hybridized carbons (Fsp3) is 0.727. The molecule has 0 radical (unpaired) electrons. The Morgan fingerprint density at radius 3 is 2.94 bits per heavy atom. The maximum absolute atomic E-state index is 12.1. The van der Waals surface area contributed by atoms with Crippen molar-refractivity contribution in [3.8, 4) is 0 Å². The number of likely N-dealkylation sites (N-methyl/N-ethyl adjacent to an activating group) is 1. The lowest BCUT2D eigenvalue weighted by atomic mass is 10.1. The SMILES string of the molecule is Cc1nonc1CN1CCNCC1C(=O)N(C)C. The van der Waals surface area contributed by atoms with Crippen LogP contribution in [0.25, 0.3) is 0 Å². The van der Waals surface area contributed by atoms with Crippen LogP contribution in [-0.2, 0) is 11.3 Å². The van der Waals surface area contributed by atoms with E-state index in [-0.39, 0.29) is 11.9 Å². The molecule has 0 aromatic carbocycles. The number of hydrogen-bond donors (Lipinski definition) is 1. The number of carbonyl (C=O) groups is 1. The van der Waals surface area contributed by atoms with Crippen molar-refractivity contribution < 1.29 is 9.42 Å². The van der Waals surface area contributed by atoms with Crippen LogP contribution in [0.2, 0.25) is 0 Å². The predicted octanol–water partition coefficient (Wildman–Crippen LogP) is -0.760. The van der Waals surface area contributed by atoms with E-state index < -0.39 is 0 Å². The first-order valence-corrected chi connectivity index (χ1v) is 6.03. The van der Waals surface area contributed by atoms with Gasteiger partial charge in [0, 0.05) is 40.3 Å². The van der Waals surface area contributed by atoms with Crippen molar-refractivity contribution in [3.05, 3.63) is 11.4 Å². The van der Waals surface area contributed by atoms with E-state index in [0.29, 0.717) is 13.1 Å². The lowest BCUT2D eigenvalue weighted by Gasteiger charge is -2.35. The molecule has 7 nitrogen and oxygen atoms in total. The minimum Gasteiger partial charge on any atom is -0.347 e. The Morgan fingerprint density at radius 2 is 2.33 bits per heavy atom. The second-order valence-corrected chi connectivity index (χ2v) is 4.72. The van der Waals surface area contributed by atoms with Gasteiger partial charge in [-0.25, -0.2) is 4.63 Å². The fourth-order valence-electron chi connectivity index (χ4n) is 2.06. The quantitative estimate of drug-likeness (QED) is 0.763. The molecule has 0 saturated carbocycles. The van der Waals surface area contributed by atoms with Gasteiger partial charge in [-0.15, -0.1) is 0 Å². The second kappa shape index (κ2) is 5.45. The topological polar surface area (TPSA) is 74.5 Å². The van der Waals surface area contributed by atoms with Gasteiger partial charge in [0.2, 0.25) is 5.91 Å². The number of piperazine rings is 1. The van der Waals surface area contributed by atoms with E-state index >= 15 is 0 Å². The van der Waals surface area contributed by atoms with Crippen LogP contribution in [-0.4, -0.2) is 65.8 Å². The van der Waals surface area contributed by atoms with Crippen LogP contribution in [0.3, 0.4) is 0 Å². The Morgan fingerprint density at radius 1 is 1.56 bits per heavy atom. The molecule has 1 saturated heterocycles. The Hall–Kier alpha value is -1.47.